The zero-order valence-electron chi connectivity index (χ0n) is 7.92. The highest BCUT2D eigenvalue weighted by molar-refractivity contribution is 5.89. The standard InChI is InChI=1S/C11H13NO/c1-3-13-10-6-4-5-9-11(10)8(2)7-12-9/h4-7,12H,3H2,1-2H3. The lowest BCUT2D eigenvalue weighted by Crippen LogP contribution is -1.91. The first-order valence-electron chi connectivity index (χ1n) is 4.52. The predicted molar refractivity (Wildman–Crippen MR) is 54.2 cm³/mol. The molecule has 2 heteroatoms. The minimum atomic E-state index is 0.712. The Morgan fingerprint density at radius 2 is 2.23 bits per heavy atom. The topological polar surface area (TPSA) is 25.0 Å². The summed E-state index contributed by atoms with van der Waals surface area (Å²) in [6, 6.07) is 6.07. The van der Waals surface area contributed by atoms with Crippen molar-refractivity contribution in [2.45, 2.75) is 13.8 Å². The van der Waals surface area contributed by atoms with E-state index >= 15 is 0 Å². The molecular formula is C11H13NO. The van der Waals surface area contributed by atoms with Crippen LogP contribution in [0.1, 0.15) is 12.5 Å². The summed E-state index contributed by atoms with van der Waals surface area (Å²) in [6.07, 6.45) is 2.01. The van der Waals surface area contributed by atoms with Crippen LogP contribution in [0.15, 0.2) is 24.4 Å². The summed E-state index contributed by atoms with van der Waals surface area (Å²) in [5.74, 6) is 0.971. The summed E-state index contributed by atoms with van der Waals surface area (Å²) < 4.78 is 5.54. The minimum absolute atomic E-state index is 0.712. The van der Waals surface area contributed by atoms with Crippen molar-refractivity contribution in [2.24, 2.45) is 0 Å². The van der Waals surface area contributed by atoms with E-state index in [4.69, 9.17) is 4.74 Å². The summed E-state index contributed by atoms with van der Waals surface area (Å²) in [6.45, 7) is 4.80. The largest absolute Gasteiger partial charge is 0.493 e. The van der Waals surface area contributed by atoms with Crippen molar-refractivity contribution in [3.63, 3.8) is 0 Å². The molecule has 13 heavy (non-hydrogen) atoms. The van der Waals surface area contributed by atoms with Crippen molar-refractivity contribution < 1.29 is 4.74 Å². The highest BCUT2D eigenvalue weighted by Gasteiger charge is 2.04. The Kier molecular flexibility index (Phi) is 1.97. The second-order valence-corrected chi connectivity index (χ2v) is 3.08. The number of aryl methyl sites for hydroxylation is 1. The van der Waals surface area contributed by atoms with E-state index in [0.717, 1.165) is 11.3 Å². The van der Waals surface area contributed by atoms with E-state index in [1.165, 1.54) is 10.9 Å². The second kappa shape index (κ2) is 3.13. The molecule has 2 rings (SSSR count). The third-order valence-corrected chi connectivity index (χ3v) is 2.16. The van der Waals surface area contributed by atoms with Gasteiger partial charge in [-0.3, -0.25) is 0 Å². The Bertz CT molecular complexity index is 417. The Labute approximate surface area is 77.5 Å². The number of hydrogen-bond acceptors (Lipinski definition) is 1. The number of hydrogen-bond donors (Lipinski definition) is 1. The van der Waals surface area contributed by atoms with Crippen molar-refractivity contribution in [3.8, 4) is 5.75 Å². The number of rotatable bonds is 2. The lowest BCUT2D eigenvalue weighted by molar-refractivity contribution is 0.344. The van der Waals surface area contributed by atoms with Crippen molar-refractivity contribution in [1.29, 1.82) is 0 Å². The fraction of sp³-hybridized carbons (Fsp3) is 0.273. The number of ether oxygens (including phenoxy) is 1. The molecule has 1 heterocycles. The third-order valence-electron chi connectivity index (χ3n) is 2.16. The van der Waals surface area contributed by atoms with Gasteiger partial charge in [-0.05, 0) is 31.5 Å². The van der Waals surface area contributed by atoms with Gasteiger partial charge < -0.3 is 9.72 Å². The molecular weight excluding hydrogens is 162 g/mol. The van der Waals surface area contributed by atoms with Gasteiger partial charge in [0.2, 0.25) is 0 Å². The molecule has 1 aromatic heterocycles. The van der Waals surface area contributed by atoms with E-state index in [1.807, 2.05) is 25.3 Å². The zero-order chi connectivity index (χ0) is 9.26. The molecule has 2 nitrogen and oxygen atoms in total. The normalized spacial score (nSPS) is 10.6. The molecule has 0 aliphatic heterocycles. The Morgan fingerprint density at radius 1 is 1.38 bits per heavy atom. The molecule has 0 spiro atoms. The van der Waals surface area contributed by atoms with Crippen LogP contribution >= 0.6 is 0 Å². The van der Waals surface area contributed by atoms with E-state index in [9.17, 15) is 0 Å². The summed E-state index contributed by atoms with van der Waals surface area (Å²) in [5, 5.41) is 1.20. The van der Waals surface area contributed by atoms with E-state index in [0.29, 0.717) is 6.61 Å². The maximum Gasteiger partial charge on any atom is 0.128 e. The van der Waals surface area contributed by atoms with Crippen LogP contribution in [0.2, 0.25) is 0 Å². The van der Waals surface area contributed by atoms with Crippen LogP contribution in [-0.2, 0) is 0 Å². The summed E-state index contributed by atoms with van der Waals surface area (Å²) in [7, 11) is 0. The molecule has 0 saturated carbocycles. The SMILES string of the molecule is CCOc1cccc2[nH]cc(C)c12. The van der Waals surface area contributed by atoms with Crippen molar-refractivity contribution in [3.05, 3.63) is 30.0 Å². The summed E-state index contributed by atoms with van der Waals surface area (Å²) in [4.78, 5) is 3.21. The minimum Gasteiger partial charge on any atom is -0.493 e. The number of fused-ring (bicyclic) bond motifs is 1. The molecule has 0 radical (unpaired) electrons. The average molecular weight is 175 g/mol. The lowest BCUT2D eigenvalue weighted by atomic mass is 10.2. The first kappa shape index (κ1) is 8.17. The fourth-order valence-electron chi connectivity index (χ4n) is 1.59. The van der Waals surface area contributed by atoms with Crippen molar-refractivity contribution in [1.82, 2.24) is 4.98 Å². The van der Waals surface area contributed by atoms with E-state index in [1.54, 1.807) is 0 Å². The van der Waals surface area contributed by atoms with Gasteiger partial charge in [0.05, 0.1) is 6.61 Å². The molecule has 0 atom stereocenters. The van der Waals surface area contributed by atoms with Crippen molar-refractivity contribution >= 4 is 10.9 Å². The first-order chi connectivity index (χ1) is 6.33. The van der Waals surface area contributed by atoms with E-state index < -0.39 is 0 Å². The Morgan fingerprint density at radius 3 is 3.00 bits per heavy atom. The van der Waals surface area contributed by atoms with Gasteiger partial charge in [-0.1, -0.05) is 6.07 Å². The molecule has 1 aromatic carbocycles. The molecule has 0 unspecified atom stereocenters. The predicted octanol–water partition coefficient (Wildman–Crippen LogP) is 2.88. The zero-order valence-corrected chi connectivity index (χ0v) is 7.92. The van der Waals surface area contributed by atoms with Gasteiger partial charge in [0.25, 0.3) is 0 Å². The number of nitrogens with one attached hydrogen (secondary N) is 1. The van der Waals surface area contributed by atoms with E-state index in [2.05, 4.69) is 18.0 Å². The highest BCUT2D eigenvalue weighted by atomic mass is 16.5. The van der Waals surface area contributed by atoms with Crippen LogP contribution in [0.4, 0.5) is 0 Å². The Balaban J connectivity index is 2.65. The number of aromatic amines is 1. The number of benzene rings is 1. The van der Waals surface area contributed by atoms with Gasteiger partial charge in [-0.2, -0.15) is 0 Å². The van der Waals surface area contributed by atoms with Crippen LogP contribution in [0, 0.1) is 6.92 Å². The van der Waals surface area contributed by atoms with Gasteiger partial charge in [0.15, 0.2) is 0 Å². The van der Waals surface area contributed by atoms with Gasteiger partial charge in [-0.15, -0.1) is 0 Å². The fourth-order valence-corrected chi connectivity index (χ4v) is 1.59. The molecule has 0 saturated heterocycles. The van der Waals surface area contributed by atoms with Crippen LogP contribution < -0.4 is 4.74 Å². The van der Waals surface area contributed by atoms with Crippen LogP contribution in [-0.4, -0.2) is 11.6 Å². The number of aromatic nitrogens is 1. The maximum atomic E-state index is 5.54. The van der Waals surface area contributed by atoms with Crippen LogP contribution in [0.25, 0.3) is 10.9 Å². The molecule has 0 bridgehead atoms. The van der Waals surface area contributed by atoms with Crippen LogP contribution in [0.3, 0.4) is 0 Å². The van der Waals surface area contributed by atoms with Gasteiger partial charge in [0, 0.05) is 17.1 Å². The van der Waals surface area contributed by atoms with Gasteiger partial charge in [0.1, 0.15) is 5.75 Å². The quantitative estimate of drug-likeness (QED) is 0.745. The van der Waals surface area contributed by atoms with Gasteiger partial charge >= 0.3 is 0 Å². The molecule has 0 aliphatic carbocycles. The first-order valence-corrected chi connectivity index (χ1v) is 4.52. The molecule has 0 amide bonds. The van der Waals surface area contributed by atoms with E-state index in [-0.39, 0.29) is 0 Å². The summed E-state index contributed by atoms with van der Waals surface area (Å²) in [5.41, 5.74) is 2.38. The average Bonchev–Trinajstić information content (AvgIpc) is 2.50. The molecule has 68 valence electrons. The number of H-pyrrole nitrogens is 1. The smallest absolute Gasteiger partial charge is 0.128 e. The van der Waals surface area contributed by atoms with Crippen LogP contribution in [0.5, 0.6) is 5.75 Å². The second-order valence-electron chi connectivity index (χ2n) is 3.08. The third kappa shape index (κ3) is 1.28. The Hall–Kier alpha value is -1.44. The summed E-state index contributed by atoms with van der Waals surface area (Å²) >= 11 is 0. The molecule has 1 N–H and O–H groups in total. The lowest BCUT2D eigenvalue weighted by Gasteiger charge is -2.04. The highest BCUT2D eigenvalue weighted by Crippen LogP contribution is 2.27. The monoisotopic (exact) mass is 175 g/mol. The molecule has 2 aromatic rings. The van der Waals surface area contributed by atoms with Gasteiger partial charge in [-0.25, -0.2) is 0 Å². The molecule has 0 aliphatic rings. The maximum absolute atomic E-state index is 5.54. The molecule has 0 fully saturated rings. The van der Waals surface area contributed by atoms with Crippen molar-refractivity contribution in [2.75, 3.05) is 6.61 Å².